The molecule has 3 nitrogen and oxygen atoms in total. The number of aliphatic hydroxyl groups is 1. The average Bonchev–Trinajstić information content (AvgIpc) is 1.84. The predicted octanol–water partition coefficient (Wildman–Crippen LogP) is 0.926. The Morgan fingerprint density at radius 1 is 1.58 bits per heavy atom. The molecule has 0 aromatic carbocycles. The topological polar surface area (TPSA) is 40.5 Å². The van der Waals surface area contributed by atoms with Crippen LogP contribution >= 0.6 is 11.8 Å². The lowest BCUT2D eigenvalue weighted by Crippen LogP contribution is -2.24. The van der Waals surface area contributed by atoms with Crippen LogP contribution < -0.4 is 0 Å². The molecule has 0 fully saturated rings. The van der Waals surface area contributed by atoms with Gasteiger partial charge in [0.25, 0.3) is 0 Å². The molecule has 1 N–H and O–H groups in total. The maximum atomic E-state index is 11.0. The first-order valence-electron chi connectivity index (χ1n) is 4.08. The van der Waals surface area contributed by atoms with Crippen molar-refractivity contribution in [3.63, 3.8) is 0 Å². The molecule has 0 radical (unpaired) electrons. The monoisotopic (exact) mass is 191 g/mol. The second-order valence-electron chi connectivity index (χ2n) is 2.96. The minimum Gasteiger partial charge on any atom is -0.381 e. The Balaban J connectivity index is 3.54. The van der Waals surface area contributed by atoms with Crippen molar-refractivity contribution < 1.29 is 9.90 Å². The SMILES string of the molecule is CCCC(=O)SC(O)CN(C)C. The minimum atomic E-state index is -0.584. The van der Waals surface area contributed by atoms with Gasteiger partial charge in [-0.2, -0.15) is 0 Å². The summed E-state index contributed by atoms with van der Waals surface area (Å²) < 4.78 is 0. The summed E-state index contributed by atoms with van der Waals surface area (Å²) in [7, 11) is 3.74. The molecule has 0 bridgehead atoms. The molecule has 4 heteroatoms. The standard InChI is InChI=1S/C8H17NO2S/c1-4-5-7(10)12-8(11)6-9(2)3/h8,11H,4-6H2,1-3H3. The van der Waals surface area contributed by atoms with E-state index < -0.39 is 5.44 Å². The molecule has 0 aliphatic heterocycles. The molecule has 0 aromatic heterocycles. The first-order valence-corrected chi connectivity index (χ1v) is 4.96. The summed E-state index contributed by atoms with van der Waals surface area (Å²) in [6.07, 6.45) is 1.40. The van der Waals surface area contributed by atoms with Gasteiger partial charge in [0, 0.05) is 13.0 Å². The van der Waals surface area contributed by atoms with Gasteiger partial charge in [0.2, 0.25) is 0 Å². The summed E-state index contributed by atoms with van der Waals surface area (Å²) in [5.74, 6) is 0. The normalized spacial score (nSPS) is 13.4. The van der Waals surface area contributed by atoms with E-state index in [0.29, 0.717) is 13.0 Å². The molecular formula is C8H17NO2S. The molecule has 1 unspecified atom stereocenters. The maximum absolute atomic E-state index is 11.0. The Morgan fingerprint density at radius 3 is 2.58 bits per heavy atom. The summed E-state index contributed by atoms with van der Waals surface area (Å²) in [6.45, 7) is 2.48. The van der Waals surface area contributed by atoms with Crippen LogP contribution in [0.25, 0.3) is 0 Å². The van der Waals surface area contributed by atoms with E-state index in [2.05, 4.69) is 0 Å². The summed E-state index contributed by atoms with van der Waals surface area (Å²) >= 11 is 1.03. The molecule has 0 saturated carbocycles. The van der Waals surface area contributed by atoms with E-state index in [0.717, 1.165) is 18.2 Å². The Bertz CT molecular complexity index is 139. The lowest BCUT2D eigenvalue weighted by molar-refractivity contribution is -0.111. The summed E-state index contributed by atoms with van der Waals surface area (Å²) in [6, 6.07) is 0. The summed E-state index contributed by atoms with van der Waals surface area (Å²) in [5.41, 5.74) is -0.584. The second-order valence-corrected chi connectivity index (χ2v) is 4.19. The fraction of sp³-hybridized carbons (Fsp3) is 0.875. The highest BCUT2D eigenvalue weighted by Gasteiger charge is 2.10. The summed E-state index contributed by atoms with van der Waals surface area (Å²) in [4.78, 5) is 12.9. The van der Waals surface area contributed by atoms with Crippen LogP contribution in [0.3, 0.4) is 0 Å². The summed E-state index contributed by atoms with van der Waals surface area (Å²) in [5, 5.41) is 9.39. The van der Waals surface area contributed by atoms with E-state index in [1.54, 1.807) is 0 Å². The zero-order valence-electron chi connectivity index (χ0n) is 7.91. The number of rotatable bonds is 5. The molecule has 0 aliphatic carbocycles. The van der Waals surface area contributed by atoms with Gasteiger partial charge < -0.3 is 10.0 Å². The Kier molecular flexibility index (Phi) is 6.42. The van der Waals surface area contributed by atoms with Gasteiger partial charge in [0.1, 0.15) is 5.44 Å². The van der Waals surface area contributed by atoms with Crippen LogP contribution in [0.15, 0.2) is 0 Å². The first-order chi connectivity index (χ1) is 5.56. The Hall–Kier alpha value is -0.0600. The van der Waals surface area contributed by atoms with Crippen molar-refractivity contribution in [2.24, 2.45) is 0 Å². The quantitative estimate of drug-likeness (QED) is 0.656. The largest absolute Gasteiger partial charge is 0.381 e. The maximum Gasteiger partial charge on any atom is 0.191 e. The number of nitrogens with zero attached hydrogens (tertiary/aromatic N) is 1. The number of thioether (sulfide) groups is 1. The number of carbonyl (C=O) groups excluding carboxylic acids is 1. The van der Waals surface area contributed by atoms with Crippen molar-refractivity contribution in [3.8, 4) is 0 Å². The van der Waals surface area contributed by atoms with Crippen LogP contribution in [0.4, 0.5) is 0 Å². The number of carbonyl (C=O) groups is 1. The van der Waals surface area contributed by atoms with Gasteiger partial charge in [0.15, 0.2) is 5.12 Å². The van der Waals surface area contributed by atoms with E-state index in [1.165, 1.54) is 0 Å². The van der Waals surface area contributed by atoms with Gasteiger partial charge >= 0.3 is 0 Å². The molecule has 0 aromatic rings. The zero-order valence-corrected chi connectivity index (χ0v) is 8.73. The van der Waals surface area contributed by atoms with Crippen LogP contribution in [-0.4, -0.2) is 41.2 Å². The third-order valence-electron chi connectivity index (χ3n) is 1.24. The smallest absolute Gasteiger partial charge is 0.191 e. The highest BCUT2D eigenvalue weighted by Crippen LogP contribution is 2.12. The third-order valence-corrected chi connectivity index (χ3v) is 2.13. The highest BCUT2D eigenvalue weighted by molar-refractivity contribution is 8.14. The molecular weight excluding hydrogens is 174 g/mol. The van der Waals surface area contributed by atoms with Gasteiger partial charge in [-0.05, 0) is 20.5 Å². The van der Waals surface area contributed by atoms with E-state index in [4.69, 9.17) is 0 Å². The van der Waals surface area contributed by atoms with Crippen LogP contribution in [0.1, 0.15) is 19.8 Å². The number of hydrogen-bond donors (Lipinski definition) is 1. The van der Waals surface area contributed by atoms with Crippen molar-refractivity contribution in [1.82, 2.24) is 4.90 Å². The van der Waals surface area contributed by atoms with E-state index in [1.807, 2.05) is 25.9 Å². The molecule has 0 rings (SSSR count). The molecule has 0 saturated heterocycles. The molecule has 0 aliphatic rings. The molecule has 12 heavy (non-hydrogen) atoms. The van der Waals surface area contributed by atoms with Gasteiger partial charge in [-0.1, -0.05) is 18.7 Å². The lowest BCUT2D eigenvalue weighted by atomic mass is 10.4. The Labute approximate surface area is 78.1 Å². The molecule has 0 heterocycles. The van der Waals surface area contributed by atoms with E-state index in [9.17, 15) is 9.90 Å². The van der Waals surface area contributed by atoms with Gasteiger partial charge in [-0.15, -0.1) is 0 Å². The van der Waals surface area contributed by atoms with E-state index >= 15 is 0 Å². The molecule has 0 spiro atoms. The number of hydrogen-bond acceptors (Lipinski definition) is 4. The zero-order chi connectivity index (χ0) is 9.56. The van der Waals surface area contributed by atoms with Crippen LogP contribution in [0.5, 0.6) is 0 Å². The highest BCUT2D eigenvalue weighted by atomic mass is 32.2. The predicted molar refractivity (Wildman–Crippen MR) is 52.1 cm³/mol. The molecule has 0 amide bonds. The molecule has 1 atom stereocenters. The van der Waals surface area contributed by atoms with Crippen molar-refractivity contribution >= 4 is 16.9 Å². The lowest BCUT2D eigenvalue weighted by Gasteiger charge is -2.14. The van der Waals surface area contributed by atoms with Crippen LogP contribution in [0, 0.1) is 0 Å². The minimum absolute atomic E-state index is 0.0758. The number of aliphatic hydroxyl groups excluding tert-OH is 1. The van der Waals surface area contributed by atoms with Crippen LogP contribution in [-0.2, 0) is 4.79 Å². The van der Waals surface area contributed by atoms with Gasteiger partial charge in [-0.3, -0.25) is 4.79 Å². The van der Waals surface area contributed by atoms with Gasteiger partial charge in [-0.25, -0.2) is 0 Å². The first kappa shape index (κ1) is 11.9. The fourth-order valence-electron chi connectivity index (χ4n) is 0.764. The van der Waals surface area contributed by atoms with Gasteiger partial charge in [0.05, 0.1) is 0 Å². The average molecular weight is 191 g/mol. The molecule has 72 valence electrons. The van der Waals surface area contributed by atoms with Crippen molar-refractivity contribution in [2.75, 3.05) is 20.6 Å². The van der Waals surface area contributed by atoms with E-state index in [-0.39, 0.29) is 5.12 Å². The second kappa shape index (κ2) is 6.46. The third kappa shape index (κ3) is 6.64. The van der Waals surface area contributed by atoms with Crippen molar-refractivity contribution in [1.29, 1.82) is 0 Å². The van der Waals surface area contributed by atoms with Crippen molar-refractivity contribution in [2.45, 2.75) is 25.2 Å². The number of likely N-dealkylation sites (N-methyl/N-ethyl adjacent to an activating group) is 1. The van der Waals surface area contributed by atoms with Crippen LogP contribution in [0.2, 0.25) is 0 Å². The Morgan fingerprint density at radius 2 is 2.17 bits per heavy atom. The van der Waals surface area contributed by atoms with Crippen molar-refractivity contribution in [3.05, 3.63) is 0 Å². The fourth-order valence-corrected chi connectivity index (χ4v) is 1.76.